The fourth-order valence-corrected chi connectivity index (χ4v) is 5.25. The van der Waals surface area contributed by atoms with Crippen molar-refractivity contribution < 1.29 is 18.7 Å². The molecule has 200 valence electrons. The van der Waals surface area contributed by atoms with Gasteiger partial charge in [0, 0.05) is 34.6 Å². The molecule has 0 bridgehead atoms. The zero-order chi connectivity index (χ0) is 26.9. The molecular weight excluding hydrogens is 526 g/mol. The van der Waals surface area contributed by atoms with Crippen molar-refractivity contribution in [2.24, 2.45) is 0 Å². The first-order valence-electron chi connectivity index (χ1n) is 12.9. The predicted molar refractivity (Wildman–Crippen MR) is 148 cm³/mol. The summed E-state index contributed by atoms with van der Waals surface area (Å²) in [7, 11) is 0. The molecule has 0 radical (unpaired) electrons. The molecule has 0 aromatic heterocycles. The van der Waals surface area contributed by atoms with Gasteiger partial charge in [-0.25, -0.2) is 4.39 Å². The van der Waals surface area contributed by atoms with E-state index in [4.69, 9.17) is 27.9 Å². The van der Waals surface area contributed by atoms with Gasteiger partial charge in [-0.15, -0.1) is 0 Å². The van der Waals surface area contributed by atoms with Gasteiger partial charge in [-0.2, -0.15) is 0 Å². The molecule has 0 aliphatic heterocycles. The van der Waals surface area contributed by atoms with Crippen LogP contribution in [0, 0.1) is 5.82 Å². The van der Waals surface area contributed by atoms with Gasteiger partial charge in [-0.3, -0.25) is 9.59 Å². The first-order chi connectivity index (χ1) is 18.4. The zero-order valence-electron chi connectivity index (χ0n) is 21.0. The fraction of sp³-hybridized carbons (Fsp3) is 0.333. The van der Waals surface area contributed by atoms with Crippen LogP contribution in [0.5, 0.6) is 5.75 Å². The highest BCUT2D eigenvalue weighted by atomic mass is 35.5. The van der Waals surface area contributed by atoms with Crippen LogP contribution in [0.3, 0.4) is 0 Å². The minimum atomic E-state index is -0.858. The van der Waals surface area contributed by atoms with E-state index < -0.39 is 24.4 Å². The molecule has 2 amide bonds. The molecule has 1 N–H and O–H groups in total. The third-order valence-corrected chi connectivity index (χ3v) is 7.51. The molecule has 1 aliphatic rings. The number of nitrogens with one attached hydrogen (secondary N) is 1. The van der Waals surface area contributed by atoms with E-state index in [1.165, 1.54) is 17.0 Å². The van der Waals surface area contributed by atoms with E-state index in [0.717, 1.165) is 37.7 Å². The maximum atomic E-state index is 14.2. The van der Waals surface area contributed by atoms with E-state index in [9.17, 15) is 14.0 Å². The Labute approximate surface area is 232 Å². The number of ether oxygens (including phenoxy) is 1. The molecule has 1 aliphatic carbocycles. The SMILES string of the molecule is O=C(NC1CCCCC1)[C@@H](Cc1ccccc1)N(Cc1c(Cl)cccc1Cl)C(=O)COc1ccccc1F. The summed E-state index contributed by atoms with van der Waals surface area (Å²) in [5, 5.41) is 3.94. The number of hydrogen-bond donors (Lipinski definition) is 1. The molecule has 8 heteroatoms. The van der Waals surface area contributed by atoms with Gasteiger partial charge in [0.2, 0.25) is 5.91 Å². The Balaban J connectivity index is 1.65. The molecule has 0 saturated heterocycles. The molecule has 38 heavy (non-hydrogen) atoms. The number of para-hydroxylation sites is 1. The van der Waals surface area contributed by atoms with Crippen LogP contribution in [-0.4, -0.2) is 35.4 Å². The molecule has 0 spiro atoms. The molecule has 4 rings (SSSR count). The summed E-state index contributed by atoms with van der Waals surface area (Å²) in [5.41, 5.74) is 1.42. The van der Waals surface area contributed by atoms with Crippen molar-refractivity contribution in [1.29, 1.82) is 0 Å². The van der Waals surface area contributed by atoms with E-state index in [-0.39, 0.29) is 30.7 Å². The Bertz CT molecular complexity index is 1210. The minimum Gasteiger partial charge on any atom is -0.481 e. The third-order valence-electron chi connectivity index (χ3n) is 6.80. The van der Waals surface area contributed by atoms with Crippen molar-refractivity contribution in [2.45, 2.75) is 57.2 Å². The van der Waals surface area contributed by atoms with Crippen LogP contribution in [0.4, 0.5) is 4.39 Å². The molecule has 0 unspecified atom stereocenters. The van der Waals surface area contributed by atoms with Gasteiger partial charge >= 0.3 is 0 Å². The smallest absolute Gasteiger partial charge is 0.261 e. The topological polar surface area (TPSA) is 58.6 Å². The minimum absolute atomic E-state index is 0.00639. The highest BCUT2D eigenvalue weighted by molar-refractivity contribution is 6.36. The van der Waals surface area contributed by atoms with Gasteiger partial charge in [0.05, 0.1) is 0 Å². The Kier molecular flexibility index (Phi) is 10.0. The number of benzene rings is 3. The van der Waals surface area contributed by atoms with Crippen molar-refractivity contribution >= 4 is 35.0 Å². The van der Waals surface area contributed by atoms with Gasteiger partial charge in [0.25, 0.3) is 5.91 Å². The van der Waals surface area contributed by atoms with E-state index in [0.29, 0.717) is 15.6 Å². The summed E-state index contributed by atoms with van der Waals surface area (Å²) < 4.78 is 19.7. The number of rotatable bonds is 10. The quantitative estimate of drug-likeness (QED) is 0.306. The Morgan fingerprint density at radius 3 is 2.26 bits per heavy atom. The van der Waals surface area contributed by atoms with Crippen molar-refractivity contribution in [3.63, 3.8) is 0 Å². The lowest BCUT2D eigenvalue weighted by Crippen LogP contribution is -2.53. The van der Waals surface area contributed by atoms with Gasteiger partial charge < -0.3 is 15.0 Å². The van der Waals surface area contributed by atoms with Crippen LogP contribution in [0.2, 0.25) is 10.0 Å². The monoisotopic (exact) mass is 556 g/mol. The largest absolute Gasteiger partial charge is 0.481 e. The lowest BCUT2D eigenvalue weighted by Gasteiger charge is -2.33. The lowest BCUT2D eigenvalue weighted by molar-refractivity contribution is -0.143. The van der Waals surface area contributed by atoms with Crippen molar-refractivity contribution in [3.05, 3.63) is 99.8 Å². The Hall–Kier alpha value is -3.09. The van der Waals surface area contributed by atoms with Crippen LogP contribution >= 0.6 is 23.2 Å². The Morgan fingerprint density at radius 2 is 1.58 bits per heavy atom. The highest BCUT2D eigenvalue weighted by Crippen LogP contribution is 2.28. The van der Waals surface area contributed by atoms with Gasteiger partial charge in [0.1, 0.15) is 6.04 Å². The number of nitrogens with zero attached hydrogens (tertiary/aromatic N) is 1. The van der Waals surface area contributed by atoms with Crippen LogP contribution in [0.25, 0.3) is 0 Å². The molecule has 3 aromatic carbocycles. The molecule has 1 fully saturated rings. The van der Waals surface area contributed by atoms with E-state index in [2.05, 4.69) is 5.32 Å². The second-order valence-corrected chi connectivity index (χ2v) is 10.3. The standard InChI is InChI=1S/C30H31Cl2FN2O3/c31-24-14-9-15-25(32)23(24)19-35(29(36)20-38-28-17-8-7-16-26(28)33)27(18-21-10-3-1-4-11-21)30(37)34-22-12-5-2-6-13-22/h1,3-4,7-11,14-17,22,27H,2,5-6,12-13,18-20H2,(H,34,37)/t27-/m1/s1. The highest BCUT2D eigenvalue weighted by Gasteiger charge is 2.33. The van der Waals surface area contributed by atoms with Crippen molar-refractivity contribution in [3.8, 4) is 5.75 Å². The summed E-state index contributed by atoms with van der Waals surface area (Å²) in [6.45, 7) is -0.460. The summed E-state index contributed by atoms with van der Waals surface area (Å²) in [6.07, 6.45) is 5.37. The number of carbonyl (C=O) groups is 2. The maximum Gasteiger partial charge on any atom is 0.261 e. The molecule has 0 heterocycles. The molecule has 3 aromatic rings. The van der Waals surface area contributed by atoms with Crippen molar-refractivity contribution in [1.82, 2.24) is 10.2 Å². The zero-order valence-corrected chi connectivity index (χ0v) is 22.6. The number of halogens is 3. The number of hydrogen-bond acceptors (Lipinski definition) is 3. The second-order valence-electron chi connectivity index (χ2n) is 9.49. The fourth-order valence-electron chi connectivity index (χ4n) is 4.74. The summed E-state index contributed by atoms with van der Waals surface area (Å²) in [5.74, 6) is -1.34. The van der Waals surface area contributed by atoms with Gasteiger partial charge in [-0.1, -0.05) is 91.0 Å². The molecular formula is C30H31Cl2FN2O3. The molecule has 1 saturated carbocycles. The third kappa shape index (κ3) is 7.49. The predicted octanol–water partition coefficient (Wildman–Crippen LogP) is 6.60. The normalized spacial score (nSPS) is 14.5. The average molecular weight is 557 g/mol. The maximum absolute atomic E-state index is 14.2. The van der Waals surface area contributed by atoms with Crippen LogP contribution in [0.15, 0.2) is 72.8 Å². The number of carbonyl (C=O) groups excluding carboxylic acids is 2. The van der Waals surface area contributed by atoms with Crippen molar-refractivity contribution in [2.75, 3.05) is 6.61 Å². The summed E-state index contributed by atoms with van der Waals surface area (Å²) in [4.78, 5) is 28.9. The number of amides is 2. The van der Waals surface area contributed by atoms with Gasteiger partial charge in [-0.05, 0) is 42.7 Å². The molecule has 1 atom stereocenters. The summed E-state index contributed by atoms with van der Waals surface area (Å²) >= 11 is 12.9. The van der Waals surface area contributed by atoms with E-state index in [1.54, 1.807) is 30.3 Å². The van der Waals surface area contributed by atoms with Crippen LogP contribution in [-0.2, 0) is 22.6 Å². The van der Waals surface area contributed by atoms with E-state index in [1.807, 2.05) is 30.3 Å². The van der Waals surface area contributed by atoms with E-state index >= 15 is 0 Å². The van der Waals surface area contributed by atoms with Gasteiger partial charge in [0.15, 0.2) is 18.2 Å². The summed E-state index contributed by atoms with van der Waals surface area (Å²) in [6, 6.07) is 19.7. The first-order valence-corrected chi connectivity index (χ1v) is 13.6. The van der Waals surface area contributed by atoms with Crippen LogP contribution in [0.1, 0.15) is 43.2 Å². The lowest BCUT2D eigenvalue weighted by atomic mass is 9.94. The second kappa shape index (κ2) is 13.6. The average Bonchev–Trinajstić information content (AvgIpc) is 2.92. The Morgan fingerprint density at radius 1 is 0.921 bits per heavy atom. The van der Waals surface area contributed by atoms with Crippen LogP contribution < -0.4 is 10.1 Å². The molecule has 5 nitrogen and oxygen atoms in total. The first kappa shape index (κ1) is 27.9.